The number of aromatic nitrogens is 3. The van der Waals surface area contributed by atoms with Crippen molar-refractivity contribution in [2.24, 2.45) is 11.8 Å². The van der Waals surface area contributed by atoms with Gasteiger partial charge in [-0.25, -0.2) is 9.78 Å². The standard InChI is InChI=1S/C18H21N3O.C5H11NO2S.C4H10.C2H6/c1-3-22-11-9-15-4-6-16(7-5-15)13-21-14(2)20-17-8-10-19-12-18(17)21;1-4(2)3-8-5(7)6-9;1-4(2)3;1-2/h4-8,10,12H,3,9,11,13H2,1-2H3;4,9H,3H2,1-2H3,(H,6,7);4H,1-3H3;1-2H3. The van der Waals surface area contributed by atoms with Gasteiger partial charge in [-0.2, -0.15) is 0 Å². The number of rotatable bonds is 8. The van der Waals surface area contributed by atoms with Crippen molar-refractivity contribution >= 4 is 29.9 Å². The van der Waals surface area contributed by atoms with Crippen molar-refractivity contribution in [3.05, 3.63) is 59.7 Å². The highest BCUT2D eigenvalue weighted by Crippen LogP contribution is 2.17. The molecule has 0 spiro atoms. The molecule has 2 aromatic heterocycles. The third kappa shape index (κ3) is 15.3. The van der Waals surface area contributed by atoms with Crippen LogP contribution >= 0.6 is 12.8 Å². The van der Waals surface area contributed by atoms with E-state index in [0.717, 1.165) is 49.0 Å². The molecule has 0 atom stereocenters. The lowest BCUT2D eigenvalue weighted by atomic mass is 10.1. The summed E-state index contributed by atoms with van der Waals surface area (Å²) in [5.74, 6) is 2.22. The Kier molecular flexibility index (Phi) is 19.0. The zero-order valence-corrected chi connectivity index (χ0v) is 25.1. The van der Waals surface area contributed by atoms with Crippen molar-refractivity contribution in [3.63, 3.8) is 0 Å². The van der Waals surface area contributed by atoms with Gasteiger partial charge < -0.3 is 14.0 Å². The predicted molar refractivity (Wildman–Crippen MR) is 158 cm³/mol. The SMILES string of the molecule is CC.CC(C)C.CC(C)COC(=O)NS.CCOCCc1ccc(Cn2c(C)nc3ccncc32)cc1. The van der Waals surface area contributed by atoms with Crippen molar-refractivity contribution < 1.29 is 14.3 Å². The molecule has 1 N–H and O–H groups in total. The van der Waals surface area contributed by atoms with Gasteiger partial charge in [-0.3, -0.25) is 9.71 Å². The fraction of sp³-hybridized carbons (Fsp3) is 0.552. The molecule has 3 rings (SSSR count). The van der Waals surface area contributed by atoms with E-state index in [2.05, 4.69) is 81.8 Å². The normalized spacial score (nSPS) is 10.1. The molecule has 0 fully saturated rings. The number of pyridine rings is 1. The molecule has 7 nitrogen and oxygen atoms in total. The molecule has 1 aromatic carbocycles. The third-order valence-corrected chi connectivity index (χ3v) is 4.67. The fourth-order valence-corrected chi connectivity index (χ4v) is 2.96. The maximum Gasteiger partial charge on any atom is 0.417 e. The number of hydrogen-bond acceptors (Lipinski definition) is 6. The number of ether oxygens (including phenoxy) is 2. The van der Waals surface area contributed by atoms with Crippen LogP contribution in [0.25, 0.3) is 11.0 Å². The molecule has 1 amide bonds. The summed E-state index contributed by atoms with van der Waals surface area (Å²) in [4.78, 5) is 19.1. The van der Waals surface area contributed by atoms with E-state index < -0.39 is 6.09 Å². The van der Waals surface area contributed by atoms with Crippen LogP contribution in [0.5, 0.6) is 0 Å². The summed E-state index contributed by atoms with van der Waals surface area (Å²) in [7, 11) is 0. The Morgan fingerprint density at radius 2 is 1.65 bits per heavy atom. The quantitative estimate of drug-likeness (QED) is 0.236. The number of fused-ring (bicyclic) bond motifs is 1. The molecule has 0 saturated carbocycles. The van der Waals surface area contributed by atoms with Gasteiger partial charge in [-0.1, -0.05) is 85.5 Å². The fourth-order valence-electron chi connectivity index (χ4n) is 2.89. The van der Waals surface area contributed by atoms with Gasteiger partial charge in [0.15, 0.2) is 0 Å². The van der Waals surface area contributed by atoms with Gasteiger partial charge in [0.2, 0.25) is 0 Å². The van der Waals surface area contributed by atoms with Crippen molar-refractivity contribution in [2.75, 3.05) is 19.8 Å². The highest BCUT2D eigenvalue weighted by molar-refractivity contribution is 7.78. The Bertz CT molecular complexity index is 986. The van der Waals surface area contributed by atoms with Crippen LogP contribution in [0.1, 0.15) is 72.3 Å². The van der Waals surface area contributed by atoms with Crippen LogP contribution in [0.2, 0.25) is 0 Å². The van der Waals surface area contributed by atoms with Crippen molar-refractivity contribution in [1.29, 1.82) is 0 Å². The molecule has 0 unspecified atom stereocenters. The zero-order chi connectivity index (χ0) is 28.2. The first-order chi connectivity index (χ1) is 17.7. The Morgan fingerprint density at radius 1 is 1.05 bits per heavy atom. The van der Waals surface area contributed by atoms with E-state index in [1.54, 1.807) is 6.20 Å². The summed E-state index contributed by atoms with van der Waals surface area (Å²) >= 11 is 3.49. The topological polar surface area (TPSA) is 78.3 Å². The first kappa shape index (κ1) is 34.4. The van der Waals surface area contributed by atoms with Crippen molar-refractivity contribution in [2.45, 2.75) is 75.3 Å². The lowest BCUT2D eigenvalue weighted by molar-refractivity contribution is 0.140. The first-order valence-electron chi connectivity index (χ1n) is 13.2. The van der Waals surface area contributed by atoms with Crippen molar-refractivity contribution in [1.82, 2.24) is 19.3 Å². The van der Waals surface area contributed by atoms with Crippen LogP contribution in [0.4, 0.5) is 4.79 Å². The number of thiol groups is 1. The van der Waals surface area contributed by atoms with Crippen LogP contribution in [0, 0.1) is 18.8 Å². The van der Waals surface area contributed by atoms with Gasteiger partial charge in [-0.05, 0) is 49.3 Å². The molecule has 0 radical (unpaired) electrons. The van der Waals surface area contributed by atoms with Gasteiger partial charge in [-0.15, -0.1) is 0 Å². The lowest BCUT2D eigenvalue weighted by Gasteiger charge is -2.08. The molecule has 3 aromatic rings. The second-order valence-corrected chi connectivity index (χ2v) is 9.43. The lowest BCUT2D eigenvalue weighted by Crippen LogP contribution is -2.17. The molecule has 0 aliphatic carbocycles. The summed E-state index contributed by atoms with van der Waals surface area (Å²) in [5, 5.41) is 0. The van der Waals surface area contributed by atoms with E-state index in [-0.39, 0.29) is 0 Å². The second-order valence-electron chi connectivity index (χ2n) is 9.21. The van der Waals surface area contributed by atoms with Crippen LogP contribution in [0.15, 0.2) is 42.7 Å². The third-order valence-electron chi connectivity index (χ3n) is 4.48. The highest BCUT2D eigenvalue weighted by atomic mass is 32.1. The van der Waals surface area contributed by atoms with Crippen LogP contribution in [-0.2, 0) is 22.4 Å². The summed E-state index contributed by atoms with van der Waals surface area (Å²) in [6, 6.07) is 10.7. The van der Waals surface area contributed by atoms with E-state index >= 15 is 0 Å². The van der Waals surface area contributed by atoms with Crippen LogP contribution in [0.3, 0.4) is 0 Å². The van der Waals surface area contributed by atoms with Crippen LogP contribution < -0.4 is 4.72 Å². The molecule has 208 valence electrons. The minimum atomic E-state index is -0.493. The molecule has 0 saturated heterocycles. The smallest absolute Gasteiger partial charge is 0.417 e. The van der Waals surface area contributed by atoms with E-state index in [0.29, 0.717) is 12.5 Å². The van der Waals surface area contributed by atoms with E-state index in [1.807, 2.05) is 53.8 Å². The number of imidazole rings is 1. The summed E-state index contributed by atoms with van der Waals surface area (Å²) in [5.41, 5.74) is 4.67. The molecule has 2 heterocycles. The predicted octanol–water partition coefficient (Wildman–Crippen LogP) is 7.27. The number of benzene rings is 1. The molecule has 0 aliphatic heterocycles. The van der Waals surface area contributed by atoms with Crippen LogP contribution in [-0.4, -0.2) is 40.4 Å². The summed E-state index contributed by atoms with van der Waals surface area (Å²) in [6.45, 7) is 21.3. The number of nitrogens with one attached hydrogen (secondary N) is 1. The minimum Gasteiger partial charge on any atom is -0.449 e. The Hall–Kier alpha value is -2.58. The summed E-state index contributed by atoms with van der Waals surface area (Å²) in [6.07, 6.45) is 4.13. The largest absolute Gasteiger partial charge is 0.449 e. The number of nitrogens with zero attached hydrogens (tertiary/aromatic N) is 3. The number of aryl methyl sites for hydroxylation is 1. The monoisotopic (exact) mass is 532 g/mol. The molecular weight excluding hydrogens is 484 g/mol. The Labute approximate surface area is 229 Å². The minimum absolute atomic E-state index is 0.371. The maximum absolute atomic E-state index is 10.3. The number of carbonyl (C=O) groups excluding carboxylic acids is 1. The second kappa shape index (κ2) is 20.5. The van der Waals surface area contributed by atoms with Gasteiger partial charge in [0.1, 0.15) is 5.82 Å². The Balaban J connectivity index is 0.000000722. The van der Waals surface area contributed by atoms with Gasteiger partial charge >= 0.3 is 6.09 Å². The maximum atomic E-state index is 10.3. The Morgan fingerprint density at radius 3 is 2.19 bits per heavy atom. The van der Waals surface area contributed by atoms with E-state index in [9.17, 15) is 4.79 Å². The molecule has 0 aliphatic rings. The molecule has 0 bridgehead atoms. The first-order valence-corrected chi connectivity index (χ1v) is 13.6. The van der Waals surface area contributed by atoms with E-state index in [4.69, 9.17) is 4.74 Å². The molecule has 37 heavy (non-hydrogen) atoms. The van der Waals surface area contributed by atoms with Gasteiger partial charge in [0, 0.05) is 19.3 Å². The zero-order valence-electron chi connectivity index (χ0n) is 24.2. The highest BCUT2D eigenvalue weighted by Gasteiger charge is 2.07. The number of hydrogen-bond donors (Lipinski definition) is 2. The molecular formula is C29H48N4O3S. The average Bonchev–Trinajstić information content (AvgIpc) is 3.19. The van der Waals surface area contributed by atoms with Gasteiger partial charge in [0.25, 0.3) is 0 Å². The van der Waals surface area contributed by atoms with Crippen molar-refractivity contribution in [3.8, 4) is 0 Å². The number of amides is 1. The number of carbonyl (C=O) groups is 1. The van der Waals surface area contributed by atoms with Gasteiger partial charge in [0.05, 0.1) is 30.4 Å². The van der Waals surface area contributed by atoms with E-state index in [1.165, 1.54) is 11.1 Å². The average molecular weight is 533 g/mol. The summed E-state index contributed by atoms with van der Waals surface area (Å²) < 4.78 is 14.3. The molecule has 8 heteroatoms.